The van der Waals surface area contributed by atoms with Crippen LogP contribution in [0.3, 0.4) is 0 Å². The lowest BCUT2D eigenvalue weighted by atomic mass is 10.1. The number of aryl methyl sites for hydroxylation is 1. The van der Waals surface area contributed by atoms with Crippen LogP contribution in [0.1, 0.15) is 38.1 Å². The van der Waals surface area contributed by atoms with Gasteiger partial charge >= 0.3 is 0 Å². The van der Waals surface area contributed by atoms with E-state index >= 15 is 0 Å². The van der Waals surface area contributed by atoms with Crippen molar-refractivity contribution in [2.24, 2.45) is 0 Å². The molecule has 23 heavy (non-hydrogen) atoms. The molecule has 1 aromatic carbocycles. The predicted molar refractivity (Wildman–Crippen MR) is 88.5 cm³/mol. The summed E-state index contributed by atoms with van der Waals surface area (Å²) in [6, 6.07) is 9.15. The van der Waals surface area contributed by atoms with E-state index in [4.69, 9.17) is 9.26 Å². The average Bonchev–Trinajstić information content (AvgIpc) is 2.92. The highest BCUT2D eigenvalue weighted by atomic mass is 16.5. The Labute approximate surface area is 136 Å². The minimum atomic E-state index is -0.383. The first-order valence-electron chi connectivity index (χ1n) is 7.72. The SMILES string of the molecule is CCOc1cccc([C@@H](C)N[C@@H](C)C(=O)Nc2cc(C)no2)c1. The molecular weight excluding hydrogens is 294 g/mol. The van der Waals surface area contributed by atoms with Gasteiger partial charge in [-0.1, -0.05) is 17.3 Å². The molecule has 0 aliphatic heterocycles. The highest BCUT2D eigenvalue weighted by Gasteiger charge is 2.18. The quantitative estimate of drug-likeness (QED) is 0.821. The lowest BCUT2D eigenvalue weighted by Crippen LogP contribution is -2.39. The Morgan fingerprint density at radius 1 is 1.35 bits per heavy atom. The molecule has 0 saturated carbocycles. The number of ether oxygens (including phenoxy) is 1. The van der Waals surface area contributed by atoms with E-state index in [-0.39, 0.29) is 18.0 Å². The number of hydrogen-bond donors (Lipinski definition) is 2. The first-order chi connectivity index (χ1) is 11.0. The number of amides is 1. The largest absolute Gasteiger partial charge is 0.494 e. The molecule has 2 atom stereocenters. The molecule has 1 heterocycles. The molecule has 0 saturated heterocycles. The number of aromatic nitrogens is 1. The Hall–Kier alpha value is -2.34. The summed E-state index contributed by atoms with van der Waals surface area (Å²) in [5.41, 5.74) is 1.79. The lowest BCUT2D eigenvalue weighted by molar-refractivity contribution is -0.118. The van der Waals surface area contributed by atoms with Crippen LogP contribution in [0.25, 0.3) is 0 Å². The standard InChI is InChI=1S/C17H23N3O3/c1-5-22-15-8-6-7-14(10-15)12(3)18-13(4)17(21)19-16-9-11(2)20-23-16/h6-10,12-13,18H,5H2,1-4H3,(H,19,21)/t12-,13+/m1/s1. The lowest BCUT2D eigenvalue weighted by Gasteiger charge is -2.20. The number of anilines is 1. The van der Waals surface area contributed by atoms with Crippen molar-refractivity contribution >= 4 is 11.8 Å². The number of benzene rings is 1. The maximum Gasteiger partial charge on any atom is 0.243 e. The fourth-order valence-corrected chi connectivity index (χ4v) is 2.24. The molecule has 1 amide bonds. The third-order valence-corrected chi connectivity index (χ3v) is 3.44. The van der Waals surface area contributed by atoms with Crippen LogP contribution in [0.2, 0.25) is 0 Å². The van der Waals surface area contributed by atoms with Gasteiger partial charge in [0, 0.05) is 12.1 Å². The van der Waals surface area contributed by atoms with Gasteiger partial charge in [0.2, 0.25) is 11.8 Å². The Kier molecular flexibility index (Phi) is 5.76. The summed E-state index contributed by atoms with van der Waals surface area (Å²) >= 11 is 0. The van der Waals surface area contributed by atoms with Crippen LogP contribution < -0.4 is 15.4 Å². The fraction of sp³-hybridized carbons (Fsp3) is 0.412. The highest BCUT2D eigenvalue weighted by molar-refractivity contribution is 5.93. The second kappa shape index (κ2) is 7.78. The summed E-state index contributed by atoms with van der Waals surface area (Å²) in [6.45, 7) is 8.19. The van der Waals surface area contributed by atoms with Crippen molar-refractivity contribution in [1.82, 2.24) is 10.5 Å². The van der Waals surface area contributed by atoms with E-state index in [2.05, 4.69) is 15.8 Å². The van der Waals surface area contributed by atoms with Gasteiger partial charge < -0.3 is 9.26 Å². The van der Waals surface area contributed by atoms with Crippen molar-refractivity contribution in [3.63, 3.8) is 0 Å². The second-order valence-corrected chi connectivity index (χ2v) is 5.44. The molecule has 0 aliphatic rings. The number of carbonyl (C=O) groups is 1. The second-order valence-electron chi connectivity index (χ2n) is 5.44. The number of nitrogens with one attached hydrogen (secondary N) is 2. The van der Waals surface area contributed by atoms with Gasteiger partial charge in [0.25, 0.3) is 0 Å². The van der Waals surface area contributed by atoms with Gasteiger partial charge in [-0.25, -0.2) is 0 Å². The first-order valence-corrected chi connectivity index (χ1v) is 7.72. The van der Waals surface area contributed by atoms with Crippen molar-refractivity contribution in [2.75, 3.05) is 11.9 Å². The van der Waals surface area contributed by atoms with Gasteiger partial charge in [0.15, 0.2) is 0 Å². The van der Waals surface area contributed by atoms with E-state index in [1.807, 2.05) is 38.1 Å². The zero-order chi connectivity index (χ0) is 16.8. The number of rotatable bonds is 7. The summed E-state index contributed by atoms with van der Waals surface area (Å²) in [5, 5.41) is 9.70. The van der Waals surface area contributed by atoms with Gasteiger partial charge in [-0.15, -0.1) is 0 Å². The van der Waals surface area contributed by atoms with Gasteiger partial charge in [0.1, 0.15) is 5.75 Å². The zero-order valence-electron chi connectivity index (χ0n) is 13.9. The van der Waals surface area contributed by atoms with Crippen molar-refractivity contribution in [1.29, 1.82) is 0 Å². The Bertz CT molecular complexity index is 654. The number of carbonyl (C=O) groups excluding carboxylic acids is 1. The first kappa shape index (κ1) is 17.0. The van der Waals surface area contributed by atoms with Gasteiger partial charge in [-0.2, -0.15) is 0 Å². The summed E-state index contributed by atoms with van der Waals surface area (Å²) in [5.74, 6) is 1.01. The van der Waals surface area contributed by atoms with Crippen LogP contribution in [0.15, 0.2) is 34.9 Å². The van der Waals surface area contributed by atoms with Crippen LogP contribution in [-0.2, 0) is 4.79 Å². The minimum Gasteiger partial charge on any atom is -0.494 e. The molecule has 0 fully saturated rings. The summed E-state index contributed by atoms with van der Waals surface area (Å²) < 4.78 is 10.5. The minimum absolute atomic E-state index is 0.00705. The maximum atomic E-state index is 12.2. The smallest absolute Gasteiger partial charge is 0.243 e. The Morgan fingerprint density at radius 3 is 2.78 bits per heavy atom. The Morgan fingerprint density at radius 2 is 2.13 bits per heavy atom. The average molecular weight is 317 g/mol. The monoisotopic (exact) mass is 317 g/mol. The van der Waals surface area contributed by atoms with Crippen LogP contribution in [0, 0.1) is 6.92 Å². The van der Waals surface area contributed by atoms with Crippen molar-refractivity contribution in [2.45, 2.75) is 39.8 Å². The molecular formula is C17H23N3O3. The molecule has 2 N–H and O–H groups in total. The molecule has 0 bridgehead atoms. The van der Waals surface area contributed by atoms with Gasteiger partial charge in [-0.05, 0) is 45.4 Å². The van der Waals surface area contributed by atoms with E-state index in [0.29, 0.717) is 12.5 Å². The van der Waals surface area contributed by atoms with Crippen LogP contribution >= 0.6 is 0 Å². The molecule has 1 aromatic heterocycles. The molecule has 2 rings (SSSR count). The summed E-state index contributed by atoms with van der Waals surface area (Å²) in [7, 11) is 0. The zero-order valence-corrected chi connectivity index (χ0v) is 13.9. The van der Waals surface area contributed by atoms with Gasteiger partial charge in [0.05, 0.1) is 18.3 Å². The van der Waals surface area contributed by atoms with Crippen LogP contribution in [-0.4, -0.2) is 23.7 Å². The van der Waals surface area contributed by atoms with Gasteiger partial charge in [-0.3, -0.25) is 15.4 Å². The molecule has 2 aromatic rings. The number of nitrogens with zero attached hydrogens (tertiary/aromatic N) is 1. The third-order valence-electron chi connectivity index (χ3n) is 3.44. The van der Waals surface area contributed by atoms with E-state index in [0.717, 1.165) is 17.0 Å². The van der Waals surface area contributed by atoms with Crippen molar-refractivity contribution < 1.29 is 14.1 Å². The number of hydrogen-bond acceptors (Lipinski definition) is 5. The van der Waals surface area contributed by atoms with Crippen LogP contribution in [0.4, 0.5) is 5.88 Å². The maximum absolute atomic E-state index is 12.2. The molecule has 124 valence electrons. The third kappa shape index (κ3) is 4.82. The molecule has 0 unspecified atom stereocenters. The predicted octanol–water partition coefficient (Wildman–Crippen LogP) is 3.06. The molecule has 6 nitrogen and oxygen atoms in total. The van der Waals surface area contributed by atoms with Crippen molar-refractivity contribution in [3.05, 3.63) is 41.6 Å². The van der Waals surface area contributed by atoms with E-state index in [9.17, 15) is 4.79 Å². The normalized spacial score (nSPS) is 13.4. The molecule has 0 radical (unpaired) electrons. The van der Waals surface area contributed by atoms with Crippen LogP contribution in [0.5, 0.6) is 5.75 Å². The summed E-state index contributed by atoms with van der Waals surface area (Å²) in [6.07, 6.45) is 0. The van der Waals surface area contributed by atoms with Crippen molar-refractivity contribution in [3.8, 4) is 5.75 Å². The van der Waals surface area contributed by atoms with E-state index in [1.165, 1.54) is 0 Å². The summed E-state index contributed by atoms with van der Waals surface area (Å²) in [4.78, 5) is 12.2. The van der Waals surface area contributed by atoms with E-state index in [1.54, 1.807) is 19.9 Å². The topological polar surface area (TPSA) is 76.4 Å². The molecule has 0 spiro atoms. The molecule has 0 aliphatic carbocycles. The molecule has 6 heteroatoms. The Balaban J connectivity index is 1.94. The fourth-order valence-electron chi connectivity index (χ4n) is 2.24. The highest BCUT2D eigenvalue weighted by Crippen LogP contribution is 2.19. The van der Waals surface area contributed by atoms with E-state index < -0.39 is 0 Å².